The molecule has 1 amide bonds. The molecule has 19 heavy (non-hydrogen) atoms. The number of carbonyl (C=O) groups is 1. The van der Waals surface area contributed by atoms with E-state index in [-0.39, 0.29) is 11.2 Å². The number of amides is 1. The number of aromatic nitrogens is 2. The molecule has 100 valence electrons. The molecule has 0 aliphatic rings. The summed E-state index contributed by atoms with van der Waals surface area (Å²) in [5.41, 5.74) is 0.620. The summed E-state index contributed by atoms with van der Waals surface area (Å²) in [5.74, 6) is -0.106. The van der Waals surface area contributed by atoms with Crippen LogP contribution in [0.5, 0.6) is 0 Å². The molecule has 0 bridgehead atoms. The van der Waals surface area contributed by atoms with Crippen molar-refractivity contribution in [3.8, 4) is 0 Å². The van der Waals surface area contributed by atoms with Gasteiger partial charge in [0.05, 0.1) is 16.0 Å². The van der Waals surface area contributed by atoms with E-state index in [0.29, 0.717) is 10.7 Å². The van der Waals surface area contributed by atoms with E-state index in [9.17, 15) is 4.79 Å². The molecule has 7 heteroatoms. The minimum atomic E-state index is -0.261. The van der Waals surface area contributed by atoms with Crippen molar-refractivity contribution in [2.24, 2.45) is 0 Å². The molecular formula is C12H12ClN3OS2. The molecule has 2 aromatic rings. The average molecular weight is 314 g/mol. The van der Waals surface area contributed by atoms with Gasteiger partial charge in [-0.05, 0) is 26.0 Å². The minimum Gasteiger partial charge on any atom is -0.324 e. The van der Waals surface area contributed by atoms with Gasteiger partial charge in [0.2, 0.25) is 5.91 Å². The number of thioether (sulfide) groups is 1. The Morgan fingerprint density at radius 3 is 2.79 bits per heavy atom. The maximum atomic E-state index is 12.0. The lowest BCUT2D eigenvalue weighted by Gasteiger charge is -2.11. The predicted octanol–water partition coefficient (Wildman–Crippen LogP) is 3.62. The lowest BCUT2D eigenvalue weighted by atomic mass is 10.3. The molecule has 0 unspecified atom stereocenters. The number of hydrogen-bond acceptors (Lipinski definition) is 5. The summed E-state index contributed by atoms with van der Waals surface area (Å²) in [6.45, 7) is 3.71. The minimum absolute atomic E-state index is 0.106. The fraction of sp³-hybridized carbons (Fsp3) is 0.250. The van der Waals surface area contributed by atoms with Crippen LogP contribution in [0.2, 0.25) is 5.02 Å². The fourth-order valence-corrected chi connectivity index (χ4v) is 3.47. The molecule has 0 fully saturated rings. The molecular weight excluding hydrogens is 302 g/mol. The zero-order valence-corrected chi connectivity index (χ0v) is 12.8. The topological polar surface area (TPSA) is 54.9 Å². The van der Waals surface area contributed by atoms with Crippen molar-refractivity contribution < 1.29 is 4.79 Å². The lowest BCUT2D eigenvalue weighted by molar-refractivity contribution is -0.115. The van der Waals surface area contributed by atoms with E-state index in [0.717, 1.165) is 9.35 Å². The van der Waals surface area contributed by atoms with E-state index in [1.807, 2.05) is 26.0 Å². The predicted molar refractivity (Wildman–Crippen MR) is 80.0 cm³/mol. The number of anilines is 1. The number of nitrogens with one attached hydrogen (secondary N) is 1. The molecule has 4 nitrogen and oxygen atoms in total. The van der Waals surface area contributed by atoms with Gasteiger partial charge in [0.25, 0.3) is 0 Å². The molecule has 1 aromatic carbocycles. The first-order valence-electron chi connectivity index (χ1n) is 5.58. The molecule has 1 heterocycles. The summed E-state index contributed by atoms with van der Waals surface area (Å²) in [6.07, 6.45) is 0. The summed E-state index contributed by atoms with van der Waals surface area (Å²) in [5, 5.41) is 11.9. The highest BCUT2D eigenvalue weighted by Crippen LogP contribution is 2.28. The molecule has 0 saturated carbocycles. The van der Waals surface area contributed by atoms with E-state index in [2.05, 4.69) is 15.5 Å². The van der Waals surface area contributed by atoms with Gasteiger partial charge in [-0.15, -0.1) is 10.2 Å². The molecule has 0 spiro atoms. The van der Waals surface area contributed by atoms with E-state index < -0.39 is 0 Å². The number of nitrogens with zero attached hydrogens (tertiary/aromatic N) is 2. The number of benzene rings is 1. The van der Waals surface area contributed by atoms with E-state index in [1.54, 1.807) is 12.1 Å². The number of aryl methyl sites for hydroxylation is 1. The average Bonchev–Trinajstić information content (AvgIpc) is 2.77. The summed E-state index contributed by atoms with van der Waals surface area (Å²) in [6, 6.07) is 7.16. The monoisotopic (exact) mass is 313 g/mol. The van der Waals surface area contributed by atoms with Crippen molar-refractivity contribution in [1.29, 1.82) is 0 Å². The van der Waals surface area contributed by atoms with E-state index in [4.69, 9.17) is 11.6 Å². The maximum Gasteiger partial charge on any atom is 0.237 e. The lowest BCUT2D eigenvalue weighted by Crippen LogP contribution is -2.22. The first kappa shape index (κ1) is 14.3. The SMILES string of the molecule is Cc1nnc(S[C@H](C)C(=O)Nc2ccccc2Cl)s1. The largest absolute Gasteiger partial charge is 0.324 e. The molecule has 2 rings (SSSR count). The van der Waals surface area contributed by atoms with Gasteiger partial charge in [-0.25, -0.2) is 0 Å². The van der Waals surface area contributed by atoms with Gasteiger partial charge in [-0.3, -0.25) is 4.79 Å². The van der Waals surface area contributed by atoms with Gasteiger partial charge in [-0.2, -0.15) is 0 Å². The Kier molecular flexibility index (Phi) is 4.79. The van der Waals surface area contributed by atoms with E-state index >= 15 is 0 Å². The Balaban J connectivity index is 1.98. The normalized spacial score (nSPS) is 12.2. The van der Waals surface area contributed by atoms with Crippen LogP contribution in [0.1, 0.15) is 11.9 Å². The highest BCUT2D eigenvalue weighted by Gasteiger charge is 2.17. The van der Waals surface area contributed by atoms with Crippen molar-refractivity contribution in [3.05, 3.63) is 34.3 Å². The second-order valence-corrected chi connectivity index (χ2v) is 6.99. The smallest absolute Gasteiger partial charge is 0.237 e. The Labute approximate surface area is 124 Å². The van der Waals surface area contributed by atoms with Crippen molar-refractivity contribution in [3.63, 3.8) is 0 Å². The van der Waals surface area contributed by atoms with Gasteiger partial charge < -0.3 is 5.32 Å². The van der Waals surface area contributed by atoms with Gasteiger partial charge in [0.1, 0.15) is 5.01 Å². The van der Waals surface area contributed by atoms with Gasteiger partial charge in [-0.1, -0.05) is 46.8 Å². The Bertz CT molecular complexity index is 588. The first-order chi connectivity index (χ1) is 9.06. The van der Waals surface area contributed by atoms with E-state index in [1.165, 1.54) is 23.1 Å². The highest BCUT2D eigenvalue weighted by molar-refractivity contribution is 8.02. The van der Waals surface area contributed by atoms with Crippen LogP contribution in [0, 0.1) is 6.92 Å². The summed E-state index contributed by atoms with van der Waals surface area (Å²) < 4.78 is 0.791. The summed E-state index contributed by atoms with van der Waals surface area (Å²) >= 11 is 8.86. The van der Waals surface area contributed by atoms with Gasteiger partial charge in [0, 0.05) is 0 Å². The molecule has 0 radical (unpaired) electrons. The third kappa shape index (κ3) is 3.92. The highest BCUT2D eigenvalue weighted by atomic mass is 35.5. The molecule has 0 aliphatic heterocycles. The fourth-order valence-electron chi connectivity index (χ4n) is 1.33. The van der Waals surface area contributed by atoms with Crippen LogP contribution in [0.3, 0.4) is 0 Å². The van der Waals surface area contributed by atoms with Crippen molar-refractivity contribution in [2.45, 2.75) is 23.4 Å². The Hall–Kier alpha value is -1.11. The van der Waals surface area contributed by atoms with Crippen molar-refractivity contribution >= 4 is 46.3 Å². The zero-order valence-electron chi connectivity index (χ0n) is 10.4. The number of rotatable bonds is 4. The summed E-state index contributed by atoms with van der Waals surface area (Å²) in [7, 11) is 0. The van der Waals surface area contributed by atoms with Crippen LogP contribution < -0.4 is 5.32 Å². The molecule has 1 atom stereocenters. The molecule has 0 aliphatic carbocycles. The number of para-hydroxylation sites is 1. The van der Waals surface area contributed by atoms with Crippen LogP contribution in [0.15, 0.2) is 28.6 Å². The third-order valence-corrected chi connectivity index (χ3v) is 4.64. The van der Waals surface area contributed by atoms with Crippen molar-refractivity contribution in [1.82, 2.24) is 10.2 Å². The molecule has 1 N–H and O–H groups in total. The van der Waals surface area contributed by atoms with Crippen LogP contribution in [-0.4, -0.2) is 21.4 Å². The second-order valence-electron chi connectivity index (χ2n) is 3.82. The maximum absolute atomic E-state index is 12.0. The van der Waals surface area contributed by atoms with Crippen LogP contribution in [0.25, 0.3) is 0 Å². The second kappa shape index (κ2) is 6.36. The number of halogens is 1. The van der Waals surface area contributed by atoms with Crippen LogP contribution in [-0.2, 0) is 4.79 Å². The Morgan fingerprint density at radius 2 is 2.16 bits per heavy atom. The summed E-state index contributed by atoms with van der Waals surface area (Å²) in [4.78, 5) is 12.0. The quantitative estimate of drug-likeness (QED) is 0.876. The Morgan fingerprint density at radius 1 is 1.42 bits per heavy atom. The van der Waals surface area contributed by atoms with Gasteiger partial charge >= 0.3 is 0 Å². The van der Waals surface area contributed by atoms with Gasteiger partial charge in [0.15, 0.2) is 4.34 Å². The standard InChI is InChI=1S/C12H12ClN3OS2/c1-7(18-12-16-15-8(2)19-12)11(17)14-10-6-4-3-5-9(10)13/h3-7H,1-2H3,(H,14,17)/t7-/m1/s1. The molecule has 1 aromatic heterocycles. The van der Waals surface area contributed by atoms with Crippen LogP contribution in [0.4, 0.5) is 5.69 Å². The number of hydrogen-bond donors (Lipinski definition) is 1. The van der Waals surface area contributed by atoms with Crippen molar-refractivity contribution in [2.75, 3.05) is 5.32 Å². The first-order valence-corrected chi connectivity index (χ1v) is 7.66. The third-order valence-electron chi connectivity index (χ3n) is 2.29. The zero-order chi connectivity index (χ0) is 13.8. The number of carbonyl (C=O) groups excluding carboxylic acids is 1. The molecule has 0 saturated heterocycles. The van der Waals surface area contributed by atoms with Crippen LogP contribution >= 0.6 is 34.7 Å².